The van der Waals surface area contributed by atoms with Gasteiger partial charge in [-0.2, -0.15) is 8.42 Å². The Morgan fingerprint density at radius 2 is 1.02 bits per heavy atom. The fourth-order valence-electron chi connectivity index (χ4n) is 5.15. The summed E-state index contributed by atoms with van der Waals surface area (Å²) in [6.45, 7) is 4.46. The van der Waals surface area contributed by atoms with Crippen LogP contribution in [0.3, 0.4) is 0 Å². The number of carbonyl (C=O) groups excluding carboxylic acids is 1. The van der Waals surface area contributed by atoms with E-state index < -0.39 is 28.0 Å². The third-order valence-electron chi connectivity index (χ3n) is 7.71. The maximum absolute atomic E-state index is 12.3. The third-order valence-corrected chi connectivity index (χ3v) is 8.49. The van der Waals surface area contributed by atoms with Crippen molar-refractivity contribution in [1.82, 2.24) is 5.32 Å². The molecule has 0 spiro atoms. The lowest BCUT2D eigenvalue weighted by atomic mass is 10.0. The first-order valence-electron chi connectivity index (χ1n) is 16.9. The maximum atomic E-state index is 12.3. The molecule has 0 rings (SSSR count). The molecule has 0 saturated heterocycles. The van der Waals surface area contributed by atoms with Crippen LogP contribution in [0.5, 0.6) is 0 Å². The van der Waals surface area contributed by atoms with Crippen molar-refractivity contribution in [3.05, 3.63) is 12.2 Å². The van der Waals surface area contributed by atoms with Gasteiger partial charge in [-0.3, -0.25) is 9.35 Å². The van der Waals surface area contributed by atoms with Gasteiger partial charge in [0.15, 0.2) is 0 Å². The van der Waals surface area contributed by atoms with Gasteiger partial charge < -0.3 is 10.4 Å². The molecule has 0 radical (unpaired) electrons. The second-order valence-corrected chi connectivity index (χ2v) is 13.3. The van der Waals surface area contributed by atoms with Crippen molar-refractivity contribution < 1.29 is 22.9 Å². The van der Waals surface area contributed by atoms with E-state index >= 15 is 0 Å². The molecule has 6 nitrogen and oxygen atoms in total. The van der Waals surface area contributed by atoms with Gasteiger partial charge in [-0.1, -0.05) is 161 Å². The molecule has 0 aromatic carbocycles. The van der Waals surface area contributed by atoms with Crippen LogP contribution in [-0.4, -0.2) is 41.9 Å². The van der Waals surface area contributed by atoms with Crippen molar-refractivity contribution in [2.45, 2.75) is 187 Å². The van der Waals surface area contributed by atoms with Crippen LogP contribution >= 0.6 is 0 Å². The SMILES string of the molecule is CCCCCCCCCCCCCCCCC/C=C/C(O)C(CS(=O)(=O)O)NC(=O)CCCCCCCCCC. The number of aliphatic hydroxyl groups excluding tert-OH is 1. The quantitative estimate of drug-likeness (QED) is 0.0442. The smallest absolute Gasteiger partial charge is 0.267 e. The molecule has 40 heavy (non-hydrogen) atoms. The zero-order valence-electron chi connectivity index (χ0n) is 26.2. The predicted octanol–water partition coefficient (Wildman–Crippen LogP) is 9.07. The summed E-state index contributed by atoms with van der Waals surface area (Å²) in [5.41, 5.74) is 0. The third kappa shape index (κ3) is 28.6. The Morgan fingerprint density at radius 3 is 1.43 bits per heavy atom. The average Bonchev–Trinajstić information content (AvgIpc) is 2.90. The first kappa shape index (κ1) is 39.1. The lowest BCUT2D eigenvalue weighted by molar-refractivity contribution is -0.122. The summed E-state index contributed by atoms with van der Waals surface area (Å²) in [6.07, 6.45) is 32.0. The fraction of sp³-hybridized carbons (Fsp3) is 0.909. The number of hydrogen-bond donors (Lipinski definition) is 3. The minimum Gasteiger partial charge on any atom is -0.387 e. The molecule has 0 aromatic heterocycles. The summed E-state index contributed by atoms with van der Waals surface area (Å²) < 4.78 is 32.2. The Labute approximate surface area is 248 Å². The molecule has 1 amide bonds. The standard InChI is InChI=1S/C33H65NO5S/c1-3-5-7-9-11-13-14-15-16-17-18-19-20-21-22-24-26-28-32(35)31(30-40(37,38)39)34-33(36)29-27-25-23-12-10-8-6-4-2/h26,28,31-32,35H,3-25,27,29-30H2,1-2H3,(H,34,36)(H,37,38,39)/b28-26+. The van der Waals surface area contributed by atoms with Crippen molar-refractivity contribution in [2.24, 2.45) is 0 Å². The number of rotatable bonds is 30. The molecule has 0 saturated carbocycles. The number of allylic oxidation sites excluding steroid dienone is 1. The topological polar surface area (TPSA) is 104 Å². The van der Waals surface area contributed by atoms with Crippen LogP contribution in [0.4, 0.5) is 0 Å². The number of carbonyl (C=O) groups is 1. The Kier molecular flexibility index (Phi) is 27.6. The van der Waals surface area contributed by atoms with Crippen molar-refractivity contribution in [2.75, 3.05) is 5.75 Å². The molecule has 0 heterocycles. The first-order chi connectivity index (χ1) is 19.3. The van der Waals surface area contributed by atoms with Crippen molar-refractivity contribution in [3.63, 3.8) is 0 Å². The predicted molar refractivity (Wildman–Crippen MR) is 170 cm³/mol. The van der Waals surface area contributed by atoms with Crippen molar-refractivity contribution >= 4 is 16.0 Å². The summed E-state index contributed by atoms with van der Waals surface area (Å²) >= 11 is 0. The highest BCUT2D eigenvalue weighted by atomic mass is 32.2. The van der Waals surface area contributed by atoms with E-state index in [1.165, 1.54) is 116 Å². The highest BCUT2D eigenvalue weighted by molar-refractivity contribution is 7.85. The van der Waals surface area contributed by atoms with Gasteiger partial charge in [-0.25, -0.2) is 0 Å². The van der Waals surface area contributed by atoms with Crippen LogP contribution in [0.2, 0.25) is 0 Å². The lowest BCUT2D eigenvalue weighted by Gasteiger charge is -2.21. The largest absolute Gasteiger partial charge is 0.387 e. The average molecular weight is 588 g/mol. The maximum Gasteiger partial charge on any atom is 0.267 e. The molecule has 2 unspecified atom stereocenters. The molecule has 0 aromatic rings. The van der Waals surface area contributed by atoms with Crippen LogP contribution in [0.1, 0.15) is 174 Å². The summed E-state index contributed by atoms with van der Waals surface area (Å²) in [4.78, 5) is 12.3. The van der Waals surface area contributed by atoms with Gasteiger partial charge >= 0.3 is 0 Å². The molecule has 0 bridgehead atoms. The van der Waals surface area contributed by atoms with E-state index in [1.807, 2.05) is 6.08 Å². The number of amides is 1. The Morgan fingerprint density at radius 1 is 0.650 bits per heavy atom. The summed E-state index contributed by atoms with van der Waals surface area (Å²) in [7, 11) is -4.32. The van der Waals surface area contributed by atoms with Crippen LogP contribution in [-0.2, 0) is 14.9 Å². The van der Waals surface area contributed by atoms with Gasteiger partial charge in [0.2, 0.25) is 5.91 Å². The normalized spacial score (nSPS) is 13.6. The molecule has 238 valence electrons. The van der Waals surface area contributed by atoms with Gasteiger partial charge in [0, 0.05) is 6.42 Å². The van der Waals surface area contributed by atoms with Gasteiger partial charge in [0.25, 0.3) is 10.1 Å². The Balaban J connectivity index is 3.96. The summed E-state index contributed by atoms with van der Waals surface area (Å²) in [6, 6.07) is -1.05. The fourth-order valence-corrected chi connectivity index (χ4v) is 5.89. The molecule has 0 aliphatic rings. The van der Waals surface area contributed by atoms with E-state index in [2.05, 4.69) is 19.2 Å². The van der Waals surface area contributed by atoms with Crippen LogP contribution in [0.15, 0.2) is 12.2 Å². The summed E-state index contributed by atoms with van der Waals surface area (Å²) in [5, 5.41) is 13.1. The zero-order valence-corrected chi connectivity index (χ0v) is 27.0. The van der Waals surface area contributed by atoms with E-state index in [4.69, 9.17) is 0 Å². The number of hydrogen-bond acceptors (Lipinski definition) is 4. The monoisotopic (exact) mass is 587 g/mol. The minimum absolute atomic E-state index is 0.283. The highest BCUT2D eigenvalue weighted by Gasteiger charge is 2.24. The van der Waals surface area contributed by atoms with Crippen LogP contribution in [0, 0.1) is 0 Å². The molecule has 3 N–H and O–H groups in total. The second-order valence-electron chi connectivity index (χ2n) is 11.8. The molecule has 7 heteroatoms. The van der Waals surface area contributed by atoms with Gasteiger partial charge in [-0.15, -0.1) is 0 Å². The molecular weight excluding hydrogens is 522 g/mol. The van der Waals surface area contributed by atoms with E-state index in [0.717, 1.165) is 38.5 Å². The number of unbranched alkanes of at least 4 members (excludes halogenated alkanes) is 22. The molecular formula is C33H65NO5S. The zero-order chi connectivity index (χ0) is 29.7. The molecule has 2 atom stereocenters. The Hall–Kier alpha value is -0.920. The van der Waals surface area contributed by atoms with Crippen LogP contribution < -0.4 is 5.32 Å². The molecule has 0 fully saturated rings. The second kappa shape index (κ2) is 28.2. The van der Waals surface area contributed by atoms with Gasteiger partial charge in [-0.05, 0) is 19.3 Å². The minimum atomic E-state index is -4.32. The van der Waals surface area contributed by atoms with Crippen LogP contribution in [0.25, 0.3) is 0 Å². The van der Waals surface area contributed by atoms with E-state index in [0.29, 0.717) is 6.42 Å². The van der Waals surface area contributed by atoms with E-state index in [9.17, 15) is 22.9 Å². The Bertz CT molecular complexity index is 695. The first-order valence-corrected chi connectivity index (χ1v) is 18.5. The van der Waals surface area contributed by atoms with Gasteiger partial charge in [0.05, 0.1) is 17.9 Å². The number of aliphatic hydroxyl groups is 1. The summed E-state index contributed by atoms with van der Waals surface area (Å²) in [5.74, 6) is -0.977. The van der Waals surface area contributed by atoms with Crippen molar-refractivity contribution in [3.8, 4) is 0 Å². The molecule has 0 aliphatic carbocycles. The number of nitrogens with one attached hydrogen (secondary N) is 1. The van der Waals surface area contributed by atoms with E-state index in [1.54, 1.807) is 6.08 Å². The van der Waals surface area contributed by atoms with E-state index in [-0.39, 0.29) is 5.91 Å². The lowest BCUT2D eigenvalue weighted by Crippen LogP contribution is -2.46. The van der Waals surface area contributed by atoms with Crippen molar-refractivity contribution in [1.29, 1.82) is 0 Å². The highest BCUT2D eigenvalue weighted by Crippen LogP contribution is 2.14. The molecule has 0 aliphatic heterocycles. The van der Waals surface area contributed by atoms with Gasteiger partial charge in [0.1, 0.15) is 0 Å².